The average Bonchev–Trinajstić information content (AvgIpc) is 2.72. The van der Waals surface area contributed by atoms with Crippen molar-refractivity contribution in [2.24, 2.45) is 5.92 Å². The highest BCUT2D eigenvalue weighted by molar-refractivity contribution is 6.09. The molecule has 3 rings (SSSR count). The van der Waals surface area contributed by atoms with E-state index in [2.05, 4.69) is 12.2 Å². The Kier molecular flexibility index (Phi) is 3.57. The van der Waals surface area contributed by atoms with Crippen molar-refractivity contribution in [1.29, 1.82) is 0 Å². The maximum Gasteiger partial charge on any atom is 0.240 e. The van der Waals surface area contributed by atoms with Gasteiger partial charge in [-0.3, -0.25) is 14.5 Å². The van der Waals surface area contributed by atoms with Crippen LogP contribution in [0.15, 0.2) is 30.3 Å². The Morgan fingerprint density at radius 3 is 2.62 bits per heavy atom. The molecule has 21 heavy (non-hydrogen) atoms. The predicted octanol–water partition coefficient (Wildman–Crippen LogP) is 1.70. The van der Waals surface area contributed by atoms with Gasteiger partial charge in [-0.1, -0.05) is 37.3 Å². The van der Waals surface area contributed by atoms with E-state index in [0.29, 0.717) is 5.92 Å². The zero-order valence-corrected chi connectivity index (χ0v) is 12.6. The SMILES string of the molecule is CC1CNCCC1N1C(=O)CC(C)(c2ccccc2)C1=O. The molecule has 2 amide bonds. The number of likely N-dealkylation sites (tertiary alicyclic amines) is 1. The van der Waals surface area contributed by atoms with Gasteiger partial charge in [0.15, 0.2) is 0 Å². The number of nitrogens with one attached hydrogen (secondary N) is 1. The fourth-order valence-electron chi connectivity index (χ4n) is 3.59. The minimum absolute atomic E-state index is 0.0231. The molecular weight excluding hydrogens is 264 g/mol. The summed E-state index contributed by atoms with van der Waals surface area (Å²) in [4.78, 5) is 27.0. The molecule has 1 N–H and O–H groups in total. The van der Waals surface area contributed by atoms with Crippen molar-refractivity contribution < 1.29 is 9.59 Å². The summed E-state index contributed by atoms with van der Waals surface area (Å²) in [7, 11) is 0. The summed E-state index contributed by atoms with van der Waals surface area (Å²) in [6.07, 6.45) is 1.13. The summed E-state index contributed by atoms with van der Waals surface area (Å²) >= 11 is 0. The summed E-state index contributed by atoms with van der Waals surface area (Å²) in [6, 6.07) is 9.71. The Morgan fingerprint density at radius 2 is 1.95 bits per heavy atom. The highest BCUT2D eigenvalue weighted by atomic mass is 16.2. The number of benzene rings is 1. The van der Waals surface area contributed by atoms with Crippen LogP contribution in [0.2, 0.25) is 0 Å². The second-order valence-electron chi connectivity index (χ2n) is 6.48. The molecule has 0 aliphatic carbocycles. The fraction of sp³-hybridized carbons (Fsp3) is 0.529. The van der Waals surface area contributed by atoms with Crippen LogP contribution in [0.1, 0.15) is 32.3 Å². The van der Waals surface area contributed by atoms with Gasteiger partial charge in [-0.25, -0.2) is 0 Å². The van der Waals surface area contributed by atoms with Crippen LogP contribution in [0.3, 0.4) is 0 Å². The van der Waals surface area contributed by atoms with E-state index in [-0.39, 0.29) is 24.3 Å². The molecule has 4 heteroatoms. The summed E-state index contributed by atoms with van der Waals surface area (Å²) in [5.41, 5.74) is 0.232. The van der Waals surface area contributed by atoms with Crippen LogP contribution >= 0.6 is 0 Å². The van der Waals surface area contributed by atoms with E-state index in [1.807, 2.05) is 37.3 Å². The van der Waals surface area contributed by atoms with Crippen molar-refractivity contribution in [3.63, 3.8) is 0 Å². The molecule has 4 nitrogen and oxygen atoms in total. The van der Waals surface area contributed by atoms with Crippen LogP contribution in [0.4, 0.5) is 0 Å². The van der Waals surface area contributed by atoms with Crippen molar-refractivity contribution in [2.75, 3.05) is 13.1 Å². The molecule has 1 aromatic rings. The molecule has 1 aromatic carbocycles. The van der Waals surface area contributed by atoms with Gasteiger partial charge in [0.2, 0.25) is 11.8 Å². The van der Waals surface area contributed by atoms with E-state index in [1.165, 1.54) is 0 Å². The molecule has 0 saturated carbocycles. The molecule has 2 heterocycles. The molecule has 2 aliphatic heterocycles. The highest BCUT2D eigenvalue weighted by Crippen LogP contribution is 2.38. The average molecular weight is 286 g/mol. The minimum atomic E-state index is -0.705. The normalized spacial score (nSPS) is 33.5. The molecule has 0 aromatic heterocycles. The highest BCUT2D eigenvalue weighted by Gasteiger charge is 2.52. The lowest BCUT2D eigenvalue weighted by molar-refractivity contribution is -0.144. The molecule has 2 aliphatic rings. The van der Waals surface area contributed by atoms with Crippen molar-refractivity contribution in [2.45, 2.75) is 38.1 Å². The van der Waals surface area contributed by atoms with Gasteiger partial charge in [-0.2, -0.15) is 0 Å². The number of hydrogen-bond acceptors (Lipinski definition) is 3. The number of hydrogen-bond donors (Lipinski definition) is 1. The van der Waals surface area contributed by atoms with Crippen LogP contribution in [0, 0.1) is 5.92 Å². The number of nitrogens with zero attached hydrogens (tertiary/aromatic N) is 1. The van der Waals surface area contributed by atoms with Crippen molar-refractivity contribution in [3.05, 3.63) is 35.9 Å². The van der Waals surface area contributed by atoms with E-state index in [4.69, 9.17) is 0 Å². The molecule has 0 bridgehead atoms. The Balaban J connectivity index is 1.92. The maximum atomic E-state index is 13.0. The van der Waals surface area contributed by atoms with E-state index in [9.17, 15) is 9.59 Å². The molecule has 0 spiro atoms. The lowest BCUT2D eigenvalue weighted by Gasteiger charge is -2.36. The quantitative estimate of drug-likeness (QED) is 0.842. The first-order valence-electron chi connectivity index (χ1n) is 7.67. The summed E-state index contributed by atoms with van der Waals surface area (Å²) < 4.78 is 0. The van der Waals surface area contributed by atoms with Crippen LogP contribution < -0.4 is 5.32 Å². The zero-order valence-electron chi connectivity index (χ0n) is 12.6. The second kappa shape index (κ2) is 5.26. The Labute approximate surface area is 125 Å². The summed E-state index contributed by atoms with van der Waals surface area (Å²) in [5.74, 6) is 0.257. The lowest BCUT2D eigenvalue weighted by Crippen LogP contribution is -2.52. The van der Waals surface area contributed by atoms with Crippen molar-refractivity contribution in [3.8, 4) is 0 Å². The van der Waals surface area contributed by atoms with Gasteiger partial charge in [0.1, 0.15) is 0 Å². The van der Waals surface area contributed by atoms with Crippen molar-refractivity contribution >= 4 is 11.8 Å². The molecule has 2 fully saturated rings. The van der Waals surface area contributed by atoms with Crippen LogP contribution in [-0.4, -0.2) is 35.8 Å². The van der Waals surface area contributed by atoms with Gasteiger partial charge in [-0.15, -0.1) is 0 Å². The van der Waals surface area contributed by atoms with Gasteiger partial charge in [-0.05, 0) is 37.9 Å². The van der Waals surface area contributed by atoms with Gasteiger partial charge in [0.05, 0.1) is 5.41 Å². The Bertz CT molecular complexity index is 557. The van der Waals surface area contributed by atoms with E-state index in [0.717, 1.165) is 25.1 Å². The van der Waals surface area contributed by atoms with Crippen LogP contribution in [0.25, 0.3) is 0 Å². The van der Waals surface area contributed by atoms with Gasteiger partial charge in [0, 0.05) is 12.5 Å². The number of imide groups is 1. The number of carbonyl (C=O) groups is 2. The zero-order chi connectivity index (χ0) is 15.0. The Morgan fingerprint density at radius 1 is 1.24 bits per heavy atom. The molecule has 2 saturated heterocycles. The molecular formula is C17H22N2O2. The molecule has 0 radical (unpaired) electrons. The van der Waals surface area contributed by atoms with Gasteiger partial charge in [0.25, 0.3) is 0 Å². The number of piperidine rings is 1. The number of amides is 2. The first-order valence-corrected chi connectivity index (χ1v) is 7.67. The standard InChI is InChI=1S/C17H22N2O2/c1-12-11-18-9-8-14(12)19-15(20)10-17(2,16(19)21)13-6-4-3-5-7-13/h3-7,12,14,18H,8-11H2,1-2H3. The smallest absolute Gasteiger partial charge is 0.240 e. The number of rotatable bonds is 2. The minimum Gasteiger partial charge on any atom is -0.316 e. The summed E-state index contributed by atoms with van der Waals surface area (Å²) in [5, 5.41) is 3.32. The van der Waals surface area contributed by atoms with Crippen LogP contribution in [-0.2, 0) is 15.0 Å². The summed E-state index contributed by atoms with van der Waals surface area (Å²) in [6.45, 7) is 5.74. The van der Waals surface area contributed by atoms with E-state index in [1.54, 1.807) is 4.90 Å². The monoisotopic (exact) mass is 286 g/mol. The number of carbonyl (C=O) groups excluding carboxylic acids is 2. The van der Waals surface area contributed by atoms with Gasteiger partial charge >= 0.3 is 0 Å². The predicted molar refractivity (Wildman–Crippen MR) is 80.7 cm³/mol. The topological polar surface area (TPSA) is 49.4 Å². The van der Waals surface area contributed by atoms with Crippen molar-refractivity contribution in [1.82, 2.24) is 10.2 Å². The lowest BCUT2D eigenvalue weighted by atomic mass is 9.81. The van der Waals surface area contributed by atoms with Crippen LogP contribution in [0.5, 0.6) is 0 Å². The molecule has 3 atom stereocenters. The Hall–Kier alpha value is -1.68. The molecule has 3 unspecified atom stereocenters. The first kappa shape index (κ1) is 14.3. The third-order valence-corrected chi connectivity index (χ3v) is 4.95. The van der Waals surface area contributed by atoms with E-state index >= 15 is 0 Å². The maximum absolute atomic E-state index is 13.0. The first-order chi connectivity index (χ1) is 10.0. The molecule has 112 valence electrons. The van der Waals surface area contributed by atoms with Gasteiger partial charge < -0.3 is 5.32 Å². The largest absolute Gasteiger partial charge is 0.316 e. The fourth-order valence-corrected chi connectivity index (χ4v) is 3.59. The second-order valence-corrected chi connectivity index (χ2v) is 6.48. The van der Waals surface area contributed by atoms with E-state index < -0.39 is 5.41 Å². The third kappa shape index (κ3) is 2.27. The third-order valence-electron chi connectivity index (χ3n) is 4.95.